The van der Waals surface area contributed by atoms with Gasteiger partial charge in [0.2, 0.25) is 5.95 Å². The number of hydrogen-bond donors (Lipinski definition) is 2. The molecule has 0 amide bonds. The van der Waals surface area contributed by atoms with E-state index in [4.69, 9.17) is 4.98 Å². The van der Waals surface area contributed by atoms with Gasteiger partial charge in [0.15, 0.2) is 5.82 Å². The Kier molecular flexibility index (Phi) is 4.64. The molecular formula is C23H25FN8. The standard InChI is InChI=1S/C23H25FN8/c1-25-22-21-15(17-7-8-18-19(27-17)6-3-10-26-18)9-11-32(21)30-23(29-22)28-20-13-31(12-16(20)24)14-4-2-5-14/h3,6-11,14,16,20H,2,4-5,12-13H2,1H3,(H2,25,28,29,30). The fourth-order valence-corrected chi connectivity index (χ4v) is 4.72. The van der Waals surface area contributed by atoms with Crippen LogP contribution in [0.5, 0.6) is 0 Å². The van der Waals surface area contributed by atoms with Crippen LogP contribution in [0.4, 0.5) is 16.2 Å². The van der Waals surface area contributed by atoms with Crippen LogP contribution in [-0.4, -0.2) is 67.9 Å². The summed E-state index contributed by atoms with van der Waals surface area (Å²) in [6, 6.07) is 9.96. The highest BCUT2D eigenvalue weighted by molar-refractivity contribution is 5.89. The van der Waals surface area contributed by atoms with Crippen molar-refractivity contribution < 1.29 is 4.39 Å². The molecular weight excluding hydrogens is 407 g/mol. The van der Waals surface area contributed by atoms with Crippen molar-refractivity contribution in [1.82, 2.24) is 29.5 Å². The van der Waals surface area contributed by atoms with Crippen molar-refractivity contribution in [2.24, 2.45) is 0 Å². The minimum atomic E-state index is -0.927. The number of likely N-dealkylation sites (tertiary alicyclic amines) is 1. The number of anilines is 2. The lowest BCUT2D eigenvalue weighted by molar-refractivity contribution is 0.148. The highest BCUT2D eigenvalue weighted by Crippen LogP contribution is 2.32. The molecule has 0 aromatic carbocycles. The molecule has 2 aliphatic rings. The molecule has 0 spiro atoms. The van der Waals surface area contributed by atoms with E-state index in [0.717, 1.165) is 27.8 Å². The maximum atomic E-state index is 14.7. The average molecular weight is 433 g/mol. The third-order valence-corrected chi connectivity index (χ3v) is 6.66. The second-order valence-electron chi connectivity index (χ2n) is 8.60. The molecule has 5 heterocycles. The average Bonchev–Trinajstić information content (AvgIpc) is 3.35. The van der Waals surface area contributed by atoms with Crippen LogP contribution in [0, 0.1) is 0 Å². The van der Waals surface area contributed by atoms with E-state index in [-0.39, 0.29) is 6.04 Å². The van der Waals surface area contributed by atoms with Crippen LogP contribution in [0.3, 0.4) is 0 Å². The van der Waals surface area contributed by atoms with Gasteiger partial charge in [0.05, 0.1) is 22.8 Å². The van der Waals surface area contributed by atoms with E-state index in [1.807, 2.05) is 43.6 Å². The molecule has 1 saturated heterocycles. The molecule has 2 atom stereocenters. The number of hydrogen-bond acceptors (Lipinski definition) is 7. The summed E-state index contributed by atoms with van der Waals surface area (Å²) in [4.78, 5) is 16.0. The number of alkyl halides is 1. The van der Waals surface area contributed by atoms with Gasteiger partial charge < -0.3 is 10.6 Å². The van der Waals surface area contributed by atoms with Crippen LogP contribution in [-0.2, 0) is 0 Å². The number of pyridine rings is 2. The van der Waals surface area contributed by atoms with Gasteiger partial charge in [0, 0.05) is 44.1 Å². The van der Waals surface area contributed by atoms with Gasteiger partial charge in [-0.05, 0) is 43.2 Å². The Labute approximate surface area is 184 Å². The van der Waals surface area contributed by atoms with Gasteiger partial charge in [-0.15, -0.1) is 5.10 Å². The van der Waals surface area contributed by atoms with Gasteiger partial charge in [-0.2, -0.15) is 4.98 Å². The van der Waals surface area contributed by atoms with Crippen LogP contribution in [0.2, 0.25) is 0 Å². The molecule has 2 unspecified atom stereocenters. The zero-order chi connectivity index (χ0) is 21.7. The predicted molar refractivity (Wildman–Crippen MR) is 123 cm³/mol. The van der Waals surface area contributed by atoms with Gasteiger partial charge in [-0.3, -0.25) is 9.88 Å². The Bertz CT molecular complexity index is 1280. The molecule has 9 heteroatoms. The lowest BCUT2D eigenvalue weighted by Gasteiger charge is -2.34. The maximum Gasteiger partial charge on any atom is 0.243 e. The molecule has 4 aromatic heterocycles. The van der Waals surface area contributed by atoms with Gasteiger partial charge in [0.1, 0.15) is 11.7 Å². The molecule has 6 rings (SSSR count). The van der Waals surface area contributed by atoms with Crippen LogP contribution in [0.1, 0.15) is 19.3 Å². The fraction of sp³-hybridized carbons (Fsp3) is 0.391. The predicted octanol–water partition coefficient (Wildman–Crippen LogP) is 3.37. The van der Waals surface area contributed by atoms with Crippen LogP contribution in [0.15, 0.2) is 42.7 Å². The summed E-state index contributed by atoms with van der Waals surface area (Å²) < 4.78 is 16.5. The van der Waals surface area contributed by atoms with Crippen molar-refractivity contribution in [2.45, 2.75) is 37.5 Å². The Balaban J connectivity index is 1.32. The Morgan fingerprint density at radius 2 is 1.97 bits per heavy atom. The minimum Gasteiger partial charge on any atom is -0.371 e. The Morgan fingerprint density at radius 1 is 1.06 bits per heavy atom. The number of halogens is 1. The molecule has 1 aliphatic heterocycles. The molecule has 1 saturated carbocycles. The first-order valence-corrected chi connectivity index (χ1v) is 11.1. The summed E-state index contributed by atoms with van der Waals surface area (Å²) in [5, 5.41) is 11.0. The molecule has 0 bridgehead atoms. The first kappa shape index (κ1) is 19.4. The molecule has 32 heavy (non-hydrogen) atoms. The van der Waals surface area contributed by atoms with Crippen molar-refractivity contribution in [3.8, 4) is 11.3 Å². The van der Waals surface area contributed by atoms with Crippen LogP contribution in [0.25, 0.3) is 27.8 Å². The van der Waals surface area contributed by atoms with Crippen molar-refractivity contribution in [1.29, 1.82) is 0 Å². The highest BCUT2D eigenvalue weighted by Gasteiger charge is 2.38. The van der Waals surface area contributed by atoms with Gasteiger partial charge in [0.25, 0.3) is 0 Å². The number of fused-ring (bicyclic) bond motifs is 2. The van der Waals surface area contributed by atoms with E-state index >= 15 is 0 Å². The third kappa shape index (κ3) is 3.24. The van der Waals surface area contributed by atoms with E-state index in [2.05, 4.69) is 30.6 Å². The molecule has 4 aromatic rings. The Morgan fingerprint density at radius 3 is 2.78 bits per heavy atom. The fourth-order valence-electron chi connectivity index (χ4n) is 4.72. The lowest BCUT2D eigenvalue weighted by Crippen LogP contribution is -2.39. The lowest BCUT2D eigenvalue weighted by atomic mass is 9.92. The molecule has 8 nitrogen and oxygen atoms in total. The van der Waals surface area contributed by atoms with E-state index in [9.17, 15) is 4.39 Å². The molecule has 2 N–H and O–H groups in total. The summed E-state index contributed by atoms with van der Waals surface area (Å²) in [6.45, 7) is 1.17. The monoisotopic (exact) mass is 432 g/mol. The maximum absolute atomic E-state index is 14.7. The summed E-state index contributed by atoms with van der Waals surface area (Å²) in [5.41, 5.74) is 4.26. The zero-order valence-electron chi connectivity index (χ0n) is 17.9. The van der Waals surface area contributed by atoms with E-state index in [1.165, 1.54) is 19.3 Å². The number of aromatic nitrogens is 5. The van der Waals surface area contributed by atoms with Gasteiger partial charge in [-0.25, -0.2) is 13.9 Å². The number of rotatable bonds is 5. The minimum absolute atomic E-state index is 0.303. The quantitative estimate of drug-likeness (QED) is 0.500. The smallest absolute Gasteiger partial charge is 0.243 e. The van der Waals surface area contributed by atoms with Gasteiger partial charge in [-0.1, -0.05) is 6.42 Å². The van der Waals surface area contributed by atoms with E-state index in [0.29, 0.717) is 30.9 Å². The van der Waals surface area contributed by atoms with Crippen molar-refractivity contribution in [2.75, 3.05) is 30.8 Å². The summed E-state index contributed by atoms with van der Waals surface area (Å²) in [5.74, 6) is 1.09. The Hall–Kier alpha value is -3.33. The number of nitrogens with zero attached hydrogens (tertiary/aromatic N) is 6. The highest BCUT2D eigenvalue weighted by atomic mass is 19.1. The van der Waals surface area contributed by atoms with Crippen molar-refractivity contribution in [3.05, 3.63) is 42.7 Å². The zero-order valence-corrected chi connectivity index (χ0v) is 17.9. The van der Waals surface area contributed by atoms with Crippen molar-refractivity contribution in [3.63, 3.8) is 0 Å². The second-order valence-corrected chi connectivity index (χ2v) is 8.60. The molecule has 164 valence electrons. The first-order valence-electron chi connectivity index (χ1n) is 11.1. The third-order valence-electron chi connectivity index (χ3n) is 6.66. The van der Waals surface area contributed by atoms with E-state index < -0.39 is 6.17 Å². The summed E-state index contributed by atoms with van der Waals surface area (Å²) in [7, 11) is 1.83. The summed E-state index contributed by atoms with van der Waals surface area (Å²) in [6.07, 6.45) is 6.32. The second kappa shape index (κ2) is 7.67. The topological polar surface area (TPSA) is 83.3 Å². The normalized spacial score (nSPS) is 21.8. The van der Waals surface area contributed by atoms with Crippen LogP contribution >= 0.6 is 0 Å². The van der Waals surface area contributed by atoms with E-state index in [1.54, 1.807) is 10.7 Å². The van der Waals surface area contributed by atoms with Crippen LogP contribution < -0.4 is 10.6 Å². The largest absolute Gasteiger partial charge is 0.371 e. The SMILES string of the molecule is CNc1nc(NC2CN(C3CCC3)CC2F)nn2ccc(-c3ccc4ncccc4n3)c12. The van der Waals surface area contributed by atoms with Crippen molar-refractivity contribution >= 4 is 28.3 Å². The summed E-state index contributed by atoms with van der Waals surface area (Å²) >= 11 is 0. The molecule has 2 fully saturated rings. The molecule has 1 aliphatic carbocycles. The first-order chi connectivity index (χ1) is 15.7. The number of nitrogens with one attached hydrogen (secondary N) is 2. The molecule has 0 radical (unpaired) electrons. The van der Waals surface area contributed by atoms with Gasteiger partial charge >= 0.3 is 0 Å².